The highest BCUT2D eigenvalue weighted by molar-refractivity contribution is 7.99. The zero-order chi connectivity index (χ0) is 15.4. The number of imidazole rings is 1. The third-order valence-corrected chi connectivity index (χ3v) is 4.04. The summed E-state index contributed by atoms with van der Waals surface area (Å²) in [5.41, 5.74) is 3.82. The Balaban J connectivity index is 1.52. The largest absolute Gasteiger partial charge is 0.324 e. The smallest absolute Gasteiger partial charge is 0.234 e. The van der Waals surface area contributed by atoms with Crippen LogP contribution in [0.5, 0.6) is 0 Å². The summed E-state index contributed by atoms with van der Waals surface area (Å²) >= 11 is 1.54. The van der Waals surface area contributed by atoms with E-state index in [0.717, 1.165) is 17.0 Å². The summed E-state index contributed by atoms with van der Waals surface area (Å²) in [6.45, 7) is 2.05. The molecule has 112 valence electrons. The molecule has 0 fully saturated rings. The zero-order valence-corrected chi connectivity index (χ0v) is 13.0. The Morgan fingerprint density at radius 2 is 2.23 bits per heavy atom. The number of hydrogen-bond acceptors (Lipinski definition) is 4. The lowest BCUT2D eigenvalue weighted by molar-refractivity contribution is -0.113. The average Bonchev–Trinajstić information content (AvgIpc) is 2.90. The summed E-state index contributed by atoms with van der Waals surface area (Å²) in [7, 11) is 0. The molecule has 0 bridgehead atoms. The van der Waals surface area contributed by atoms with Crippen molar-refractivity contribution in [3.05, 3.63) is 60.3 Å². The summed E-state index contributed by atoms with van der Waals surface area (Å²) in [6, 6.07) is 7.65. The summed E-state index contributed by atoms with van der Waals surface area (Å²) in [4.78, 5) is 20.3. The molecule has 0 aliphatic rings. The van der Waals surface area contributed by atoms with E-state index in [1.165, 1.54) is 5.56 Å². The van der Waals surface area contributed by atoms with Crippen molar-refractivity contribution in [2.75, 3.05) is 11.1 Å². The normalized spacial score (nSPS) is 10.8. The van der Waals surface area contributed by atoms with Gasteiger partial charge in [-0.2, -0.15) is 0 Å². The summed E-state index contributed by atoms with van der Waals surface area (Å²) in [5, 5.41) is 2.81. The number of rotatable bonds is 5. The number of carbonyl (C=O) groups is 1. The molecule has 0 saturated heterocycles. The average molecular weight is 312 g/mol. The molecule has 0 spiro atoms. The van der Waals surface area contributed by atoms with Gasteiger partial charge < -0.3 is 9.72 Å². The molecule has 1 N–H and O–H groups in total. The van der Waals surface area contributed by atoms with E-state index in [0.29, 0.717) is 11.5 Å². The monoisotopic (exact) mass is 312 g/mol. The Labute approximate surface area is 132 Å². The van der Waals surface area contributed by atoms with E-state index in [9.17, 15) is 4.79 Å². The number of nitrogens with one attached hydrogen (secondary N) is 1. The molecule has 0 aliphatic heterocycles. The van der Waals surface area contributed by atoms with Crippen molar-refractivity contribution < 1.29 is 4.79 Å². The fourth-order valence-electron chi connectivity index (χ4n) is 2.11. The van der Waals surface area contributed by atoms with Crippen LogP contribution in [0.4, 0.5) is 5.69 Å². The van der Waals surface area contributed by atoms with Crippen LogP contribution in [0.25, 0.3) is 5.65 Å². The molecule has 6 heteroatoms. The lowest BCUT2D eigenvalue weighted by Gasteiger charge is -2.03. The molecular formula is C16H16N4OS. The summed E-state index contributed by atoms with van der Waals surface area (Å²) in [5.74, 6) is 1.07. The summed E-state index contributed by atoms with van der Waals surface area (Å²) < 4.78 is 2.01. The van der Waals surface area contributed by atoms with Crippen LogP contribution >= 0.6 is 11.8 Å². The molecule has 22 heavy (non-hydrogen) atoms. The zero-order valence-electron chi connectivity index (χ0n) is 12.2. The van der Waals surface area contributed by atoms with Crippen molar-refractivity contribution in [1.29, 1.82) is 0 Å². The van der Waals surface area contributed by atoms with E-state index in [4.69, 9.17) is 0 Å². The van der Waals surface area contributed by atoms with Gasteiger partial charge in [0, 0.05) is 24.3 Å². The first-order valence-corrected chi connectivity index (χ1v) is 8.08. The number of pyridine rings is 2. The Kier molecular flexibility index (Phi) is 4.39. The highest BCUT2D eigenvalue weighted by atomic mass is 32.2. The van der Waals surface area contributed by atoms with Gasteiger partial charge in [0.25, 0.3) is 0 Å². The fraction of sp³-hybridized carbons (Fsp3) is 0.188. The number of aromatic nitrogens is 3. The maximum absolute atomic E-state index is 11.8. The van der Waals surface area contributed by atoms with Gasteiger partial charge in [-0.1, -0.05) is 6.07 Å². The minimum Gasteiger partial charge on any atom is -0.324 e. The number of thioether (sulfide) groups is 1. The number of fused-ring (bicyclic) bond motifs is 1. The predicted octanol–water partition coefficient (Wildman–Crippen LogP) is 2.91. The molecule has 3 aromatic rings. The van der Waals surface area contributed by atoms with Crippen molar-refractivity contribution in [3.63, 3.8) is 0 Å². The second-order valence-corrected chi connectivity index (χ2v) is 5.97. The number of carbonyl (C=O) groups excluding carboxylic acids is 1. The highest BCUT2D eigenvalue weighted by Crippen LogP contribution is 2.14. The number of hydrogen-bond donors (Lipinski definition) is 1. The quantitative estimate of drug-likeness (QED) is 0.787. The molecular weight excluding hydrogens is 296 g/mol. The molecule has 0 unspecified atom stereocenters. The lowest BCUT2D eigenvalue weighted by Crippen LogP contribution is -2.14. The van der Waals surface area contributed by atoms with Gasteiger partial charge in [-0.15, -0.1) is 11.8 Å². The molecule has 3 aromatic heterocycles. The van der Waals surface area contributed by atoms with Gasteiger partial charge in [0.2, 0.25) is 5.91 Å². The van der Waals surface area contributed by atoms with E-state index >= 15 is 0 Å². The molecule has 3 rings (SSSR count). The maximum Gasteiger partial charge on any atom is 0.234 e. The van der Waals surface area contributed by atoms with Crippen LogP contribution in [0.15, 0.2) is 49.1 Å². The summed E-state index contributed by atoms with van der Waals surface area (Å²) in [6.07, 6.45) is 7.36. The van der Waals surface area contributed by atoms with Gasteiger partial charge in [-0.25, -0.2) is 4.98 Å². The van der Waals surface area contributed by atoms with Gasteiger partial charge in [0.1, 0.15) is 5.65 Å². The maximum atomic E-state index is 11.8. The second-order valence-electron chi connectivity index (χ2n) is 4.99. The van der Waals surface area contributed by atoms with Gasteiger partial charge in [0.05, 0.1) is 23.3 Å². The standard InChI is InChI=1S/C16H16N4OS/c1-12-4-5-15-18-14(9-20(15)8-12)10-22-11-16(21)19-13-3-2-6-17-7-13/h2-9H,10-11H2,1H3,(H,19,21). The molecule has 0 saturated carbocycles. The van der Waals surface area contributed by atoms with Crippen LogP contribution in [0, 0.1) is 6.92 Å². The van der Waals surface area contributed by atoms with Crippen LogP contribution in [0.3, 0.4) is 0 Å². The first kappa shape index (κ1) is 14.6. The van der Waals surface area contributed by atoms with Crippen molar-refractivity contribution in [1.82, 2.24) is 14.4 Å². The van der Waals surface area contributed by atoms with Crippen LogP contribution in [0.1, 0.15) is 11.3 Å². The Morgan fingerprint density at radius 1 is 1.32 bits per heavy atom. The minimum atomic E-state index is -0.0300. The van der Waals surface area contributed by atoms with Gasteiger partial charge in [0.15, 0.2) is 0 Å². The number of aryl methyl sites for hydroxylation is 1. The third kappa shape index (κ3) is 3.65. The third-order valence-electron chi connectivity index (χ3n) is 3.08. The van der Waals surface area contributed by atoms with E-state index in [2.05, 4.69) is 22.2 Å². The van der Waals surface area contributed by atoms with E-state index in [1.807, 2.05) is 35.0 Å². The van der Waals surface area contributed by atoms with Crippen molar-refractivity contribution in [2.45, 2.75) is 12.7 Å². The first-order chi connectivity index (χ1) is 10.7. The topological polar surface area (TPSA) is 59.3 Å². The van der Waals surface area contributed by atoms with Gasteiger partial charge >= 0.3 is 0 Å². The molecule has 1 amide bonds. The fourth-order valence-corrected chi connectivity index (χ4v) is 2.82. The number of nitrogens with zero attached hydrogens (tertiary/aromatic N) is 3. The SMILES string of the molecule is Cc1ccc2nc(CSCC(=O)Nc3cccnc3)cn2c1. The molecule has 0 atom stereocenters. The van der Waals surface area contributed by atoms with Crippen molar-refractivity contribution >= 4 is 29.0 Å². The highest BCUT2D eigenvalue weighted by Gasteiger charge is 2.05. The molecule has 3 heterocycles. The molecule has 0 aromatic carbocycles. The Morgan fingerprint density at radius 3 is 3.05 bits per heavy atom. The Bertz CT molecular complexity index is 785. The molecule has 5 nitrogen and oxygen atoms in total. The first-order valence-electron chi connectivity index (χ1n) is 6.92. The van der Waals surface area contributed by atoms with Crippen LogP contribution in [0.2, 0.25) is 0 Å². The van der Waals surface area contributed by atoms with Crippen LogP contribution < -0.4 is 5.32 Å². The van der Waals surface area contributed by atoms with Crippen molar-refractivity contribution in [2.24, 2.45) is 0 Å². The van der Waals surface area contributed by atoms with Gasteiger partial charge in [-0.05, 0) is 30.7 Å². The van der Waals surface area contributed by atoms with Crippen LogP contribution in [-0.4, -0.2) is 26.0 Å². The van der Waals surface area contributed by atoms with Crippen molar-refractivity contribution in [3.8, 4) is 0 Å². The van der Waals surface area contributed by atoms with E-state index < -0.39 is 0 Å². The predicted molar refractivity (Wildman–Crippen MR) is 89.0 cm³/mol. The lowest BCUT2D eigenvalue weighted by atomic mass is 10.3. The van der Waals surface area contributed by atoms with Gasteiger partial charge in [-0.3, -0.25) is 9.78 Å². The minimum absolute atomic E-state index is 0.0300. The van der Waals surface area contributed by atoms with Crippen LogP contribution in [-0.2, 0) is 10.5 Å². The molecule has 0 aliphatic carbocycles. The number of anilines is 1. The Hall–Kier alpha value is -2.34. The second kappa shape index (κ2) is 6.62. The van der Waals surface area contributed by atoms with E-state index in [1.54, 1.807) is 30.2 Å². The van der Waals surface area contributed by atoms with E-state index in [-0.39, 0.29) is 5.91 Å². The molecule has 0 radical (unpaired) electrons. The number of amides is 1.